The minimum atomic E-state index is -0.140. The third-order valence-corrected chi connectivity index (χ3v) is 5.72. The van der Waals surface area contributed by atoms with Crippen molar-refractivity contribution in [3.05, 3.63) is 76.3 Å². The molecule has 1 fully saturated rings. The Labute approximate surface area is 184 Å². The number of nitrogens with zero attached hydrogens (tertiary/aromatic N) is 2. The molecule has 3 aromatic carbocycles. The van der Waals surface area contributed by atoms with E-state index in [1.165, 1.54) is 0 Å². The molecule has 5 nitrogen and oxygen atoms in total. The van der Waals surface area contributed by atoms with Gasteiger partial charge in [-0.05, 0) is 35.0 Å². The molecule has 7 heteroatoms. The van der Waals surface area contributed by atoms with E-state index in [-0.39, 0.29) is 18.4 Å². The number of halogens is 2. The standard InChI is InChI=1S/C23H20Cl2N2O3/c24-17-8-9-21(20(25)14-17)30-15-22(28)26-10-12-27(13-11-26)23(29)19-7-3-5-16-4-1-2-6-18(16)19/h1-9,14H,10-13,15H2. The number of fused-ring (bicyclic) bond motifs is 1. The number of piperazine rings is 1. The summed E-state index contributed by atoms with van der Waals surface area (Å²) in [5, 5.41) is 2.85. The van der Waals surface area contributed by atoms with Crippen LogP contribution in [-0.2, 0) is 4.79 Å². The summed E-state index contributed by atoms with van der Waals surface area (Å²) in [7, 11) is 0. The lowest BCUT2D eigenvalue weighted by molar-refractivity contribution is -0.134. The number of carbonyl (C=O) groups excluding carboxylic acids is 2. The van der Waals surface area contributed by atoms with Crippen molar-refractivity contribution in [2.75, 3.05) is 32.8 Å². The van der Waals surface area contributed by atoms with Gasteiger partial charge in [0.15, 0.2) is 6.61 Å². The molecule has 0 aliphatic carbocycles. The molecule has 154 valence electrons. The van der Waals surface area contributed by atoms with Gasteiger partial charge in [0.05, 0.1) is 5.02 Å². The molecule has 0 N–H and O–H groups in total. The first-order valence-corrected chi connectivity index (χ1v) is 10.4. The molecule has 0 saturated carbocycles. The van der Waals surface area contributed by atoms with Crippen LogP contribution < -0.4 is 4.74 Å². The Hall–Kier alpha value is -2.76. The predicted octanol–water partition coefficient (Wildman–Crippen LogP) is 4.51. The topological polar surface area (TPSA) is 49.9 Å². The minimum absolute atomic E-state index is 0.0110. The molecule has 0 bridgehead atoms. The van der Waals surface area contributed by atoms with Gasteiger partial charge in [-0.3, -0.25) is 9.59 Å². The van der Waals surface area contributed by atoms with E-state index in [2.05, 4.69) is 0 Å². The second-order valence-corrected chi connectivity index (χ2v) is 7.91. The average Bonchev–Trinajstić information content (AvgIpc) is 2.77. The predicted molar refractivity (Wildman–Crippen MR) is 118 cm³/mol. The number of amides is 2. The summed E-state index contributed by atoms with van der Waals surface area (Å²) in [6.45, 7) is 1.78. The molecule has 0 atom stereocenters. The first kappa shape index (κ1) is 20.5. The summed E-state index contributed by atoms with van der Waals surface area (Å²) in [5.74, 6) is 0.264. The van der Waals surface area contributed by atoms with E-state index in [0.29, 0.717) is 47.5 Å². The van der Waals surface area contributed by atoms with Crippen molar-refractivity contribution in [1.82, 2.24) is 9.80 Å². The van der Waals surface area contributed by atoms with Crippen molar-refractivity contribution in [3.63, 3.8) is 0 Å². The highest BCUT2D eigenvalue weighted by Crippen LogP contribution is 2.27. The van der Waals surface area contributed by atoms with E-state index in [0.717, 1.165) is 10.8 Å². The van der Waals surface area contributed by atoms with Crippen LogP contribution in [0.25, 0.3) is 10.8 Å². The lowest BCUT2D eigenvalue weighted by atomic mass is 10.0. The highest BCUT2D eigenvalue weighted by Gasteiger charge is 2.26. The van der Waals surface area contributed by atoms with E-state index in [4.69, 9.17) is 27.9 Å². The van der Waals surface area contributed by atoms with E-state index in [1.54, 1.807) is 28.0 Å². The van der Waals surface area contributed by atoms with Gasteiger partial charge >= 0.3 is 0 Å². The Balaban J connectivity index is 1.35. The lowest BCUT2D eigenvalue weighted by Gasteiger charge is -2.35. The molecule has 1 aliphatic heterocycles. The van der Waals surface area contributed by atoms with Gasteiger partial charge in [-0.15, -0.1) is 0 Å². The number of hydrogen-bond acceptors (Lipinski definition) is 3. The van der Waals surface area contributed by atoms with Crippen LogP contribution in [-0.4, -0.2) is 54.4 Å². The third kappa shape index (κ3) is 4.37. The van der Waals surface area contributed by atoms with Crippen LogP contribution in [0.3, 0.4) is 0 Å². The maximum atomic E-state index is 13.0. The molecule has 3 aromatic rings. The fraction of sp³-hybridized carbons (Fsp3) is 0.217. The number of rotatable bonds is 4. The molecular formula is C23H20Cl2N2O3. The zero-order valence-electron chi connectivity index (χ0n) is 16.2. The molecule has 2 amide bonds. The second kappa shape index (κ2) is 8.94. The highest BCUT2D eigenvalue weighted by atomic mass is 35.5. The molecule has 0 aromatic heterocycles. The van der Waals surface area contributed by atoms with Crippen LogP contribution in [0.4, 0.5) is 0 Å². The SMILES string of the molecule is O=C(COc1ccc(Cl)cc1Cl)N1CCN(C(=O)c2cccc3ccccc23)CC1. The Morgan fingerprint density at radius 2 is 1.57 bits per heavy atom. The first-order chi connectivity index (χ1) is 14.5. The number of carbonyl (C=O) groups is 2. The maximum absolute atomic E-state index is 13.0. The van der Waals surface area contributed by atoms with Crippen molar-refractivity contribution in [1.29, 1.82) is 0 Å². The molecule has 4 rings (SSSR count). The van der Waals surface area contributed by atoms with E-state index < -0.39 is 0 Å². The van der Waals surface area contributed by atoms with Gasteiger partial charge in [0.2, 0.25) is 0 Å². The Morgan fingerprint density at radius 1 is 0.867 bits per heavy atom. The Morgan fingerprint density at radius 3 is 2.33 bits per heavy atom. The van der Waals surface area contributed by atoms with Crippen molar-refractivity contribution < 1.29 is 14.3 Å². The van der Waals surface area contributed by atoms with Crippen LogP contribution >= 0.6 is 23.2 Å². The number of benzene rings is 3. The molecule has 1 saturated heterocycles. The molecule has 1 heterocycles. The molecule has 0 radical (unpaired) electrons. The van der Waals surface area contributed by atoms with Gasteiger partial charge in [0.25, 0.3) is 11.8 Å². The maximum Gasteiger partial charge on any atom is 0.260 e. The molecule has 30 heavy (non-hydrogen) atoms. The van der Waals surface area contributed by atoms with Gasteiger partial charge in [-0.2, -0.15) is 0 Å². The summed E-state index contributed by atoms with van der Waals surface area (Å²) in [5.41, 5.74) is 0.689. The van der Waals surface area contributed by atoms with Crippen LogP contribution in [0.15, 0.2) is 60.7 Å². The third-order valence-electron chi connectivity index (χ3n) is 5.18. The van der Waals surface area contributed by atoms with Crippen LogP contribution in [0.2, 0.25) is 10.0 Å². The fourth-order valence-electron chi connectivity index (χ4n) is 3.56. The highest BCUT2D eigenvalue weighted by molar-refractivity contribution is 6.35. The average molecular weight is 443 g/mol. The fourth-order valence-corrected chi connectivity index (χ4v) is 4.03. The summed E-state index contributed by atoms with van der Waals surface area (Å²) in [6.07, 6.45) is 0. The van der Waals surface area contributed by atoms with E-state index >= 15 is 0 Å². The monoisotopic (exact) mass is 442 g/mol. The van der Waals surface area contributed by atoms with Gasteiger partial charge in [-0.25, -0.2) is 0 Å². The second-order valence-electron chi connectivity index (χ2n) is 7.06. The minimum Gasteiger partial charge on any atom is -0.482 e. The molecular weight excluding hydrogens is 423 g/mol. The molecule has 0 unspecified atom stereocenters. The Kier molecular flexibility index (Phi) is 6.11. The molecule has 0 spiro atoms. The van der Waals surface area contributed by atoms with E-state index in [9.17, 15) is 9.59 Å². The smallest absolute Gasteiger partial charge is 0.260 e. The summed E-state index contributed by atoms with van der Waals surface area (Å²) in [4.78, 5) is 29.0. The van der Waals surface area contributed by atoms with Crippen LogP contribution in [0, 0.1) is 0 Å². The number of hydrogen-bond donors (Lipinski definition) is 0. The van der Waals surface area contributed by atoms with Crippen molar-refractivity contribution in [3.8, 4) is 5.75 Å². The van der Waals surface area contributed by atoms with Gasteiger partial charge in [0, 0.05) is 36.8 Å². The first-order valence-electron chi connectivity index (χ1n) is 9.65. The molecule has 1 aliphatic rings. The van der Waals surface area contributed by atoms with Gasteiger partial charge in [0.1, 0.15) is 5.75 Å². The zero-order valence-corrected chi connectivity index (χ0v) is 17.7. The number of ether oxygens (including phenoxy) is 1. The quantitative estimate of drug-likeness (QED) is 0.596. The summed E-state index contributed by atoms with van der Waals surface area (Å²) in [6, 6.07) is 18.5. The largest absolute Gasteiger partial charge is 0.482 e. The van der Waals surface area contributed by atoms with Crippen LogP contribution in [0.1, 0.15) is 10.4 Å². The van der Waals surface area contributed by atoms with E-state index in [1.807, 2.05) is 42.5 Å². The lowest BCUT2D eigenvalue weighted by Crippen LogP contribution is -2.51. The van der Waals surface area contributed by atoms with Crippen molar-refractivity contribution in [2.45, 2.75) is 0 Å². The van der Waals surface area contributed by atoms with Crippen LogP contribution in [0.5, 0.6) is 5.75 Å². The van der Waals surface area contributed by atoms with Crippen molar-refractivity contribution >= 4 is 45.8 Å². The van der Waals surface area contributed by atoms with Gasteiger partial charge < -0.3 is 14.5 Å². The van der Waals surface area contributed by atoms with Gasteiger partial charge in [-0.1, -0.05) is 59.6 Å². The normalized spacial score (nSPS) is 14.1. The zero-order chi connectivity index (χ0) is 21.1. The Bertz CT molecular complexity index is 1090. The summed E-state index contributed by atoms with van der Waals surface area (Å²) < 4.78 is 5.54. The summed E-state index contributed by atoms with van der Waals surface area (Å²) >= 11 is 11.9. The van der Waals surface area contributed by atoms with Crippen molar-refractivity contribution in [2.24, 2.45) is 0 Å².